The second-order valence-corrected chi connectivity index (χ2v) is 7.85. The fourth-order valence-electron chi connectivity index (χ4n) is 4.37. The quantitative estimate of drug-likeness (QED) is 0.480. The molecule has 0 saturated carbocycles. The van der Waals surface area contributed by atoms with Gasteiger partial charge in [0.15, 0.2) is 0 Å². The molecule has 0 spiro atoms. The molecule has 1 N–H and O–H groups in total. The van der Waals surface area contributed by atoms with Crippen LogP contribution in [0.2, 0.25) is 0 Å². The van der Waals surface area contributed by atoms with E-state index in [1.54, 1.807) is 19.3 Å². The average molecular weight is 431 g/mol. The van der Waals surface area contributed by atoms with Crippen LogP contribution in [-0.4, -0.2) is 36.8 Å². The number of aromatic nitrogens is 1. The highest BCUT2D eigenvalue weighted by molar-refractivity contribution is 5.86. The third kappa shape index (κ3) is 3.91. The first kappa shape index (κ1) is 21.4. The number of nitrogens with zero attached hydrogens (tertiary/aromatic N) is 2. The van der Waals surface area contributed by atoms with Crippen molar-refractivity contribution in [2.45, 2.75) is 18.9 Å². The summed E-state index contributed by atoms with van der Waals surface area (Å²) in [4.78, 5) is 18.1. The van der Waals surface area contributed by atoms with E-state index in [1.807, 2.05) is 42.6 Å². The standard InChI is InChI=1S/C26H26N2O4/c1-26(20-7-4-18(5-8-20)6-13-25(30)32-3)23-11-10-22(29)16-19(23)14-15-28(26)21-9-12-24(31-2)27-17-21/h4-13,16-17,29H,14-15H2,1-3H3/b13-6+. The molecule has 0 aliphatic carbocycles. The van der Waals surface area contributed by atoms with Crippen LogP contribution in [0.1, 0.15) is 29.2 Å². The number of pyridine rings is 1. The van der Waals surface area contributed by atoms with Crippen molar-refractivity contribution in [3.63, 3.8) is 0 Å². The molecule has 1 aliphatic heterocycles. The number of carbonyl (C=O) groups is 1. The Morgan fingerprint density at radius 3 is 2.56 bits per heavy atom. The van der Waals surface area contributed by atoms with Crippen LogP contribution in [-0.2, 0) is 21.5 Å². The minimum absolute atomic E-state index is 0.272. The predicted molar refractivity (Wildman–Crippen MR) is 124 cm³/mol. The van der Waals surface area contributed by atoms with E-state index in [0.717, 1.165) is 40.9 Å². The third-order valence-electron chi connectivity index (χ3n) is 6.09. The van der Waals surface area contributed by atoms with Gasteiger partial charge < -0.3 is 19.5 Å². The number of aromatic hydroxyl groups is 1. The Labute approximate surface area is 187 Å². The Morgan fingerprint density at radius 1 is 1.12 bits per heavy atom. The normalized spacial score (nSPS) is 17.8. The van der Waals surface area contributed by atoms with Gasteiger partial charge in [0.05, 0.1) is 31.6 Å². The Balaban J connectivity index is 1.79. The second-order valence-electron chi connectivity index (χ2n) is 7.85. The van der Waals surface area contributed by atoms with E-state index in [1.165, 1.54) is 13.2 Å². The number of fused-ring (bicyclic) bond motifs is 1. The number of hydrogen-bond donors (Lipinski definition) is 1. The van der Waals surface area contributed by atoms with Crippen LogP contribution in [0.25, 0.3) is 6.08 Å². The van der Waals surface area contributed by atoms with E-state index in [4.69, 9.17) is 4.74 Å². The van der Waals surface area contributed by atoms with Gasteiger partial charge >= 0.3 is 5.97 Å². The summed E-state index contributed by atoms with van der Waals surface area (Å²) in [7, 11) is 2.96. The molecule has 0 bridgehead atoms. The Bertz CT molecular complexity index is 1140. The predicted octanol–water partition coefficient (Wildman–Crippen LogP) is 4.31. The van der Waals surface area contributed by atoms with Crippen LogP contribution in [0, 0.1) is 0 Å². The van der Waals surface area contributed by atoms with Crippen LogP contribution < -0.4 is 9.64 Å². The zero-order valence-corrected chi connectivity index (χ0v) is 18.4. The monoisotopic (exact) mass is 430 g/mol. The number of benzene rings is 2. The van der Waals surface area contributed by atoms with Crippen molar-refractivity contribution in [3.05, 3.63) is 89.1 Å². The SMILES string of the molecule is COC(=O)/C=C/c1ccc(C2(C)c3ccc(O)cc3CCN2c2ccc(OC)nc2)cc1. The molecular formula is C26H26N2O4. The van der Waals surface area contributed by atoms with Crippen molar-refractivity contribution in [1.29, 1.82) is 0 Å². The van der Waals surface area contributed by atoms with Gasteiger partial charge in [0.1, 0.15) is 5.75 Å². The Hall–Kier alpha value is -3.80. The first-order chi connectivity index (χ1) is 15.5. The number of phenolic OH excluding ortho intramolecular Hbond substituents is 1. The number of anilines is 1. The van der Waals surface area contributed by atoms with E-state index in [-0.39, 0.29) is 11.7 Å². The minimum atomic E-state index is -0.484. The van der Waals surface area contributed by atoms with Crippen LogP contribution in [0.3, 0.4) is 0 Å². The second kappa shape index (κ2) is 8.75. The van der Waals surface area contributed by atoms with Gasteiger partial charge in [0.25, 0.3) is 0 Å². The lowest BCUT2D eigenvalue weighted by Gasteiger charge is -2.48. The first-order valence-corrected chi connectivity index (χ1v) is 10.4. The van der Waals surface area contributed by atoms with Gasteiger partial charge in [0.2, 0.25) is 5.88 Å². The zero-order chi connectivity index (χ0) is 22.7. The van der Waals surface area contributed by atoms with Crippen molar-refractivity contribution in [3.8, 4) is 11.6 Å². The van der Waals surface area contributed by atoms with Gasteiger partial charge in [-0.3, -0.25) is 0 Å². The maximum atomic E-state index is 11.4. The summed E-state index contributed by atoms with van der Waals surface area (Å²) < 4.78 is 9.89. The molecule has 0 saturated heterocycles. The molecule has 6 nitrogen and oxygen atoms in total. The molecule has 1 unspecified atom stereocenters. The van der Waals surface area contributed by atoms with Crippen LogP contribution in [0.15, 0.2) is 66.9 Å². The summed E-state index contributed by atoms with van der Waals surface area (Å²) in [6, 6.07) is 17.6. The molecule has 1 aromatic heterocycles. The van der Waals surface area contributed by atoms with Crippen molar-refractivity contribution < 1.29 is 19.4 Å². The molecule has 0 fully saturated rings. The Morgan fingerprint density at radius 2 is 1.91 bits per heavy atom. The van der Waals surface area contributed by atoms with Gasteiger partial charge in [-0.05, 0) is 59.9 Å². The molecule has 2 heterocycles. The summed E-state index contributed by atoms with van der Waals surface area (Å²) in [6.45, 7) is 2.95. The fourth-order valence-corrected chi connectivity index (χ4v) is 4.37. The van der Waals surface area contributed by atoms with Gasteiger partial charge in [-0.25, -0.2) is 9.78 Å². The van der Waals surface area contributed by atoms with Crippen molar-refractivity contribution in [2.24, 2.45) is 0 Å². The molecule has 0 radical (unpaired) electrons. The van der Waals surface area contributed by atoms with Crippen LogP contribution in [0.5, 0.6) is 11.6 Å². The number of hydrogen-bond acceptors (Lipinski definition) is 6. The largest absolute Gasteiger partial charge is 0.508 e. The van der Waals surface area contributed by atoms with Crippen LogP contribution in [0.4, 0.5) is 5.69 Å². The number of esters is 1. The highest BCUT2D eigenvalue weighted by atomic mass is 16.5. The third-order valence-corrected chi connectivity index (χ3v) is 6.09. The molecule has 1 atom stereocenters. The highest BCUT2D eigenvalue weighted by Gasteiger charge is 2.40. The average Bonchev–Trinajstić information content (AvgIpc) is 2.83. The van der Waals surface area contributed by atoms with E-state index in [2.05, 4.69) is 33.7 Å². The van der Waals surface area contributed by atoms with Crippen molar-refractivity contribution in [2.75, 3.05) is 25.7 Å². The summed E-state index contributed by atoms with van der Waals surface area (Å²) in [5.74, 6) is 0.453. The lowest BCUT2D eigenvalue weighted by Crippen LogP contribution is -2.49. The van der Waals surface area contributed by atoms with Crippen LogP contribution >= 0.6 is 0 Å². The van der Waals surface area contributed by atoms with E-state index >= 15 is 0 Å². The molecule has 32 heavy (non-hydrogen) atoms. The smallest absolute Gasteiger partial charge is 0.330 e. The Kier molecular flexibility index (Phi) is 5.86. The summed E-state index contributed by atoms with van der Waals surface area (Å²) in [5, 5.41) is 10.0. The minimum Gasteiger partial charge on any atom is -0.508 e. The van der Waals surface area contributed by atoms with Gasteiger partial charge in [-0.15, -0.1) is 0 Å². The molecule has 164 valence electrons. The topological polar surface area (TPSA) is 71.9 Å². The molecule has 3 aromatic rings. The van der Waals surface area contributed by atoms with Gasteiger partial charge in [-0.1, -0.05) is 30.3 Å². The lowest BCUT2D eigenvalue weighted by atomic mass is 9.76. The summed E-state index contributed by atoms with van der Waals surface area (Å²) >= 11 is 0. The number of phenols is 1. The van der Waals surface area contributed by atoms with E-state index in [0.29, 0.717) is 5.88 Å². The number of ether oxygens (including phenoxy) is 2. The fraction of sp³-hybridized carbons (Fsp3) is 0.231. The molecule has 4 rings (SSSR count). The molecule has 0 amide bonds. The van der Waals surface area contributed by atoms with Gasteiger partial charge in [0, 0.05) is 18.7 Å². The highest BCUT2D eigenvalue weighted by Crippen LogP contribution is 2.44. The zero-order valence-electron chi connectivity index (χ0n) is 18.4. The van der Waals surface area contributed by atoms with E-state index in [9.17, 15) is 9.90 Å². The lowest BCUT2D eigenvalue weighted by molar-refractivity contribution is -0.134. The summed E-state index contributed by atoms with van der Waals surface area (Å²) in [5.41, 5.74) is 4.76. The maximum absolute atomic E-state index is 11.4. The molecule has 2 aromatic carbocycles. The number of rotatable bonds is 5. The van der Waals surface area contributed by atoms with E-state index < -0.39 is 5.54 Å². The number of methoxy groups -OCH3 is 2. The van der Waals surface area contributed by atoms with Gasteiger partial charge in [-0.2, -0.15) is 0 Å². The molecular weight excluding hydrogens is 404 g/mol. The van der Waals surface area contributed by atoms with Crippen molar-refractivity contribution in [1.82, 2.24) is 4.98 Å². The maximum Gasteiger partial charge on any atom is 0.330 e. The summed E-state index contributed by atoms with van der Waals surface area (Å²) in [6.07, 6.45) is 5.78. The molecule has 1 aliphatic rings. The number of carbonyl (C=O) groups excluding carboxylic acids is 1. The molecule has 6 heteroatoms. The van der Waals surface area contributed by atoms with Crippen molar-refractivity contribution >= 4 is 17.7 Å². The first-order valence-electron chi connectivity index (χ1n) is 10.4.